The van der Waals surface area contributed by atoms with E-state index in [1.54, 1.807) is 0 Å². The highest BCUT2D eigenvalue weighted by Crippen LogP contribution is 2.33. The van der Waals surface area contributed by atoms with Crippen LogP contribution in [0.3, 0.4) is 0 Å². The molecular formula is C16H16O. The number of hydrogen-bond acceptors (Lipinski definition) is 1. The second-order valence-corrected chi connectivity index (χ2v) is 5.13. The quantitative estimate of drug-likeness (QED) is 0.709. The maximum absolute atomic E-state index is 12.2. The third-order valence-corrected chi connectivity index (χ3v) is 3.67. The summed E-state index contributed by atoms with van der Waals surface area (Å²) in [6.07, 6.45) is 2.10. The van der Waals surface area contributed by atoms with Crippen molar-refractivity contribution in [1.82, 2.24) is 0 Å². The molecule has 2 aromatic rings. The summed E-state index contributed by atoms with van der Waals surface area (Å²) in [5, 5.41) is 2.61. The summed E-state index contributed by atoms with van der Waals surface area (Å²) in [6.45, 7) is 3.94. The second kappa shape index (κ2) is 3.69. The van der Waals surface area contributed by atoms with Gasteiger partial charge in [-0.2, -0.15) is 0 Å². The minimum atomic E-state index is 0.0801. The average Bonchev–Trinajstić information content (AvgIpc) is 2.75. The highest BCUT2D eigenvalue weighted by molar-refractivity contribution is 6.05. The van der Waals surface area contributed by atoms with Crippen LogP contribution in [0, 0.1) is 5.92 Å². The molecule has 0 atom stereocenters. The van der Waals surface area contributed by atoms with Crippen molar-refractivity contribution in [3.8, 4) is 0 Å². The van der Waals surface area contributed by atoms with Gasteiger partial charge in [0.2, 0.25) is 0 Å². The van der Waals surface area contributed by atoms with Crippen molar-refractivity contribution < 1.29 is 4.79 Å². The summed E-state index contributed by atoms with van der Waals surface area (Å²) in [4.78, 5) is 12.2. The van der Waals surface area contributed by atoms with Gasteiger partial charge >= 0.3 is 0 Å². The number of rotatable bonds is 2. The van der Waals surface area contributed by atoms with E-state index in [0.29, 0.717) is 0 Å². The molecular weight excluding hydrogens is 208 g/mol. The molecule has 0 amide bonds. The molecule has 0 aromatic heterocycles. The van der Waals surface area contributed by atoms with Crippen LogP contribution < -0.4 is 0 Å². The molecule has 0 bridgehead atoms. The highest BCUT2D eigenvalue weighted by Gasteiger charge is 2.21. The molecule has 0 aliphatic heterocycles. The van der Waals surface area contributed by atoms with Gasteiger partial charge in [-0.3, -0.25) is 4.79 Å². The number of benzene rings is 2. The molecule has 0 saturated heterocycles. The van der Waals surface area contributed by atoms with Crippen molar-refractivity contribution in [3.05, 3.63) is 47.0 Å². The van der Waals surface area contributed by atoms with E-state index in [1.165, 1.54) is 21.9 Å². The van der Waals surface area contributed by atoms with Crippen molar-refractivity contribution in [3.63, 3.8) is 0 Å². The molecule has 0 unspecified atom stereocenters. The van der Waals surface area contributed by atoms with Gasteiger partial charge in [0.1, 0.15) is 0 Å². The van der Waals surface area contributed by atoms with Crippen LogP contribution in [0.15, 0.2) is 30.3 Å². The van der Waals surface area contributed by atoms with Crippen molar-refractivity contribution in [2.75, 3.05) is 0 Å². The van der Waals surface area contributed by atoms with Crippen molar-refractivity contribution in [2.24, 2.45) is 5.92 Å². The van der Waals surface area contributed by atoms with E-state index in [0.717, 1.165) is 18.4 Å². The minimum Gasteiger partial charge on any atom is -0.294 e. The monoisotopic (exact) mass is 224 g/mol. The predicted molar refractivity (Wildman–Crippen MR) is 70.5 cm³/mol. The first-order valence-electron chi connectivity index (χ1n) is 6.26. The SMILES string of the molecule is CC(C)C(=O)c1ccc2cccc3c2c1CC3. The topological polar surface area (TPSA) is 17.1 Å². The van der Waals surface area contributed by atoms with Gasteiger partial charge in [0, 0.05) is 11.5 Å². The number of ketones is 1. The lowest BCUT2D eigenvalue weighted by Gasteiger charge is -2.10. The van der Waals surface area contributed by atoms with E-state index in [-0.39, 0.29) is 11.7 Å². The lowest BCUT2D eigenvalue weighted by Crippen LogP contribution is -2.09. The highest BCUT2D eigenvalue weighted by atomic mass is 16.1. The first-order chi connectivity index (χ1) is 8.18. The standard InChI is InChI=1S/C16H16O/c1-10(2)16(17)14-9-7-12-5-3-4-11-6-8-13(14)15(11)12/h3-5,7,9-10H,6,8H2,1-2H3. The number of aryl methyl sites for hydroxylation is 2. The molecule has 86 valence electrons. The Balaban J connectivity index is 2.29. The lowest BCUT2D eigenvalue weighted by atomic mass is 9.93. The first kappa shape index (κ1) is 10.5. The number of hydrogen-bond donors (Lipinski definition) is 0. The fourth-order valence-corrected chi connectivity index (χ4v) is 2.80. The Bertz CT molecular complexity index is 608. The number of carbonyl (C=O) groups is 1. The Kier molecular flexibility index (Phi) is 2.29. The van der Waals surface area contributed by atoms with E-state index in [4.69, 9.17) is 0 Å². The fourth-order valence-electron chi connectivity index (χ4n) is 2.80. The lowest BCUT2D eigenvalue weighted by molar-refractivity contribution is 0.0938. The van der Waals surface area contributed by atoms with E-state index < -0.39 is 0 Å². The van der Waals surface area contributed by atoms with E-state index >= 15 is 0 Å². The average molecular weight is 224 g/mol. The van der Waals surface area contributed by atoms with Crippen LogP contribution in [0.1, 0.15) is 35.3 Å². The Morgan fingerprint density at radius 1 is 1.12 bits per heavy atom. The van der Waals surface area contributed by atoms with Gasteiger partial charge < -0.3 is 0 Å². The van der Waals surface area contributed by atoms with Gasteiger partial charge in [0.15, 0.2) is 5.78 Å². The second-order valence-electron chi connectivity index (χ2n) is 5.13. The molecule has 17 heavy (non-hydrogen) atoms. The molecule has 1 heteroatoms. The van der Waals surface area contributed by atoms with Crippen LogP contribution in [-0.2, 0) is 12.8 Å². The Morgan fingerprint density at radius 2 is 1.94 bits per heavy atom. The molecule has 0 N–H and O–H groups in total. The van der Waals surface area contributed by atoms with Gasteiger partial charge in [0.25, 0.3) is 0 Å². The van der Waals surface area contributed by atoms with Crippen LogP contribution in [0.25, 0.3) is 10.8 Å². The van der Waals surface area contributed by atoms with Crippen LogP contribution in [0.4, 0.5) is 0 Å². The Labute approximate surface area is 101 Å². The normalized spacial score (nSPS) is 13.6. The zero-order valence-electron chi connectivity index (χ0n) is 10.3. The molecule has 0 radical (unpaired) electrons. The summed E-state index contributed by atoms with van der Waals surface area (Å²) in [5.41, 5.74) is 3.62. The smallest absolute Gasteiger partial charge is 0.165 e. The van der Waals surface area contributed by atoms with Crippen LogP contribution in [0.2, 0.25) is 0 Å². The zero-order valence-corrected chi connectivity index (χ0v) is 10.3. The van der Waals surface area contributed by atoms with E-state index in [2.05, 4.69) is 24.3 Å². The molecule has 1 nitrogen and oxygen atoms in total. The Hall–Kier alpha value is -1.63. The summed E-state index contributed by atoms with van der Waals surface area (Å²) in [7, 11) is 0. The van der Waals surface area contributed by atoms with Gasteiger partial charge in [-0.25, -0.2) is 0 Å². The van der Waals surface area contributed by atoms with E-state index in [1.807, 2.05) is 19.9 Å². The third-order valence-electron chi connectivity index (χ3n) is 3.67. The van der Waals surface area contributed by atoms with Gasteiger partial charge in [-0.05, 0) is 34.7 Å². The maximum atomic E-state index is 12.2. The molecule has 1 aliphatic rings. The first-order valence-corrected chi connectivity index (χ1v) is 6.26. The van der Waals surface area contributed by atoms with Crippen molar-refractivity contribution >= 4 is 16.6 Å². The summed E-state index contributed by atoms with van der Waals surface area (Å²) >= 11 is 0. The zero-order chi connectivity index (χ0) is 12.0. The summed E-state index contributed by atoms with van der Waals surface area (Å²) in [5.74, 6) is 0.357. The van der Waals surface area contributed by atoms with Crippen molar-refractivity contribution in [2.45, 2.75) is 26.7 Å². The maximum Gasteiger partial charge on any atom is 0.165 e. The number of carbonyl (C=O) groups excluding carboxylic acids is 1. The minimum absolute atomic E-state index is 0.0801. The van der Waals surface area contributed by atoms with Gasteiger partial charge in [0.05, 0.1) is 0 Å². The molecule has 1 aliphatic carbocycles. The molecule has 3 rings (SSSR count). The Morgan fingerprint density at radius 3 is 2.71 bits per heavy atom. The molecule has 0 heterocycles. The van der Waals surface area contributed by atoms with Gasteiger partial charge in [-0.15, -0.1) is 0 Å². The van der Waals surface area contributed by atoms with Crippen LogP contribution >= 0.6 is 0 Å². The molecule has 0 spiro atoms. The van der Waals surface area contributed by atoms with Gasteiger partial charge in [-0.1, -0.05) is 44.2 Å². The molecule has 0 fully saturated rings. The fraction of sp³-hybridized carbons (Fsp3) is 0.312. The van der Waals surface area contributed by atoms with Crippen molar-refractivity contribution in [1.29, 1.82) is 0 Å². The molecule has 0 saturated carbocycles. The van der Waals surface area contributed by atoms with Crippen LogP contribution in [-0.4, -0.2) is 5.78 Å². The van der Waals surface area contributed by atoms with Crippen LogP contribution in [0.5, 0.6) is 0 Å². The third kappa shape index (κ3) is 1.49. The largest absolute Gasteiger partial charge is 0.294 e. The molecule has 2 aromatic carbocycles. The van der Waals surface area contributed by atoms with E-state index in [9.17, 15) is 4.79 Å². The number of Topliss-reactive ketones (excluding diaryl/α,β-unsaturated/α-hetero) is 1. The summed E-state index contributed by atoms with van der Waals surface area (Å²) < 4.78 is 0. The predicted octanol–water partition coefficient (Wildman–Crippen LogP) is 3.78. The summed E-state index contributed by atoms with van der Waals surface area (Å²) in [6, 6.07) is 10.5.